The Bertz CT molecular complexity index is 382. The maximum atomic E-state index is 9.44. The number of hydrogen-bond acceptors (Lipinski definition) is 3. The van der Waals surface area contributed by atoms with Crippen molar-refractivity contribution in [1.82, 2.24) is 0 Å². The number of rotatable bonds is 7. The molecule has 0 amide bonds. The van der Waals surface area contributed by atoms with Crippen LogP contribution in [0.1, 0.15) is 44.6 Å². The maximum Gasteiger partial charge on any atom is 0.0700 e. The summed E-state index contributed by atoms with van der Waals surface area (Å²) < 4.78 is 0. The molecule has 3 heteroatoms. The Morgan fingerprint density at radius 1 is 1.33 bits per heavy atom. The Hall–Kier alpha value is -0.980. The standard InChI is InChI=1S/C15H21NOS/c1-3-14(17)5-4-10-18-15-8-6-13(7-9-15)12(2)11-16/h6-9,12,14,17H,3-5,10H2,1-2H3/t12?,14-/m1/s1. The molecule has 0 aliphatic rings. The average Bonchev–Trinajstić information content (AvgIpc) is 2.43. The number of hydrogen-bond donors (Lipinski definition) is 1. The normalized spacial score (nSPS) is 13.9. The van der Waals surface area contributed by atoms with Crippen LogP contribution in [-0.2, 0) is 0 Å². The third kappa shape index (κ3) is 5.12. The molecule has 1 rings (SSSR count). The third-order valence-electron chi connectivity index (χ3n) is 3.00. The maximum absolute atomic E-state index is 9.44. The molecular formula is C15H21NOS. The van der Waals surface area contributed by atoms with Crippen LogP contribution in [0.4, 0.5) is 0 Å². The zero-order valence-electron chi connectivity index (χ0n) is 11.1. The summed E-state index contributed by atoms with van der Waals surface area (Å²) in [6.45, 7) is 3.92. The monoisotopic (exact) mass is 263 g/mol. The predicted molar refractivity (Wildman–Crippen MR) is 76.7 cm³/mol. The van der Waals surface area contributed by atoms with Gasteiger partial charge in [0.25, 0.3) is 0 Å². The molecule has 0 heterocycles. The van der Waals surface area contributed by atoms with Crippen molar-refractivity contribution in [3.63, 3.8) is 0 Å². The lowest BCUT2D eigenvalue weighted by molar-refractivity contribution is 0.160. The molecule has 0 saturated carbocycles. The van der Waals surface area contributed by atoms with E-state index in [2.05, 4.69) is 18.2 Å². The fourth-order valence-corrected chi connectivity index (χ4v) is 2.52. The number of nitriles is 1. The van der Waals surface area contributed by atoms with E-state index in [1.807, 2.05) is 26.0 Å². The van der Waals surface area contributed by atoms with E-state index in [9.17, 15) is 5.11 Å². The molecule has 0 aliphatic carbocycles. The molecule has 98 valence electrons. The molecule has 0 spiro atoms. The van der Waals surface area contributed by atoms with Crippen molar-refractivity contribution in [2.45, 2.75) is 50.0 Å². The molecule has 1 unspecified atom stereocenters. The van der Waals surface area contributed by atoms with Crippen LogP contribution in [0.3, 0.4) is 0 Å². The van der Waals surface area contributed by atoms with Gasteiger partial charge in [0.1, 0.15) is 0 Å². The summed E-state index contributed by atoms with van der Waals surface area (Å²) in [6, 6.07) is 10.4. The van der Waals surface area contributed by atoms with Crippen molar-refractivity contribution in [2.75, 3.05) is 5.75 Å². The van der Waals surface area contributed by atoms with Gasteiger partial charge in [-0.3, -0.25) is 0 Å². The van der Waals surface area contributed by atoms with Gasteiger partial charge in [0, 0.05) is 4.90 Å². The minimum Gasteiger partial charge on any atom is -0.393 e. The van der Waals surface area contributed by atoms with E-state index in [1.165, 1.54) is 4.90 Å². The summed E-state index contributed by atoms with van der Waals surface area (Å²) in [4.78, 5) is 1.23. The molecule has 0 fully saturated rings. The Morgan fingerprint density at radius 3 is 2.56 bits per heavy atom. The van der Waals surface area contributed by atoms with Crippen LogP contribution in [0.25, 0.3) is 0 Å². The van der Waals surface area contributed by atoms with Crippen molar-refractivity contribution >= 4 is 11.8 Å². The van der Waals surface area contributed by atoms with Gasteiger partial charge >= 0.3 is 0 Å². The Balaban J connectivity index is 2.34. The van der Waals surface area contributed by atoms with Gasteiger partial charge < -0.3 is 5.11 Å². The zero-order valence-corrected chi connectivity index (χ0v) is 11.9. The Morgan fingerprint density at radius 2 is 2.00 bits per heavy atom. The van der Waals surface area contributed by atoms with Gasteiger partial charge in [0.15, 0.2) is 0 Å². The van der Waals surface area contributed by atoms with Crippen LogP contribution < -0.4 is 0 Å². The van der Waals surface area contributed by atoms with Crippen molar-refractivity contribution in [3.8, 4) is 6.07 Å². The van der Waals surface area contributed by atoms with Crippen LogP contribution in [-0.4, -0.2) is 17.0 Å². The second-order valence-corrected chi connectivity index (χ2v) is 5.64. The van der Waals surface area contributed by atoms with E-state index in [4.69, 9.17) is 5.26 Å². The molecule has 1 aromatic rings. The first kappa shape index (κ1) is 15.1. The Kier molecular flexibility index (Phi) is 6.85. The van der Waals surface area contributed by atoms with Gasteiger partial charge in [0.05, 0.1) is 18.1 Å². The first-order valence-electron chi connectivity index (χ1n) is 6.47. The second-order valence-electron chi connectivity index (χ2n) is 4.47. The fourth-order valence-electron chi connectivity index (χ4n) is 1.64. The molecule has 1 aromatic carbocycles. The number of aliphatic hydroxyl groups excluding tert-OH is 1. The average molecular weight is 263 g/mol. The van der Waals surface area contributed by atoms with Gasteiger partial charge in [-0.15, -0.1) is 11.8 Å². The SMILES string of the molecule is CC[C@@H](O)CCCSc1ccc(C(C)C#N)cc1. The van der Waals surface area contributed by atoms with Crippen LogP contribution in [0.5, 0.6) is 0 Å². The molecule has 0 saturated heterocycles. The summed E-state index contributed by atoms with van der Waals surface area (Å²) in [7, 11) is 0. The highest BCUT2D eigenvalue weighted by Crippen LogP contribution is 2.22. The van der Waals surface area contributed by atoms with Crippen LogP contribution >= 0.6 is 11.8 Å². The summed E-state index contributed by atoms with van der Waals surface area (Å²) in [5.74, 6) is 0.994. The highest BCUT2D eigenvalue weighted by atomic mass is 32.2. The fraction of sp³-hybridized carbons (Fsp3) is 0.533. The number of benzene rings is 1. The van der Waals surface area contributed by atoms with E-state index < -0.39 is 0 Å². The highest BCUT2D eigenvalue weighted by Gasteiger charge is 2.04. The van der Waals surface area contributed by atoms with Crippen LogP contribution in [0.2, 0.25) is 0 Å². The summed E-state index contributed by atoms with van der Waals surface area (Å²) in [5.41, 5.74) is 1.07. The van der Waals surface area contributed by atoms with E-state index in [1.54, 1.807) is 11.8 Å². The number of nitrogens with zero attached hydrogens (tertiary/aromatic N) is 1. The van der Waals surface area contributed by atoms with E-state index in [0.29, 0.717) is 0 Å². The van der Waals surface area contributed by atoms with Crippen molar-refractivity contribution in [3.05, 3.63) is 29.8 Å². The quantitative estimate of drug-likeness (QED) is 0.598. The van der Waals surface area contributed by atoms with E-state index >= 15 is 0 Å². The van der Waals surface area contributed by atoms with E-state index in [0.717, 1.165) is 30.6 Å². The summed E-state index contributed by atoms with van der Waals surface area (Å²) in [6.07, 6.45) is 2.61. The minimum atomic E-state index is -0.149. The lowest BCUT2D eigenvalue weighted by Gasteiger charge is -2.07. The molecule has 0 radical (unpaired) electrons. The number of aliphatic hydroxyl groups is 1. The lowest BCUT2D eigenvalue weighted by atomic mass is 10.0. The number of thioether (sulfide) groups is 1. The topological polar surface area (TPSA) is 44.0 Å². The minimum absolute atomic E-state index is 0.0382. The third-order valence-corrected chi connectivity index (χ3v) is 4.09. The molecular weight excluding hydrogens is 242 g/mol. The highest BCUT2D eigenvalue weighted by molar-refractivity contribution is 7.99. The van der Waals surface area contributed by atoms with Crippen molar-refractivity contribution < 1.29 is 5.11 Å². The van der Waals surface area contributed by atoms with Crippen LogP contribution in [0, 0.1) is 11.3 Å². The first-order valence-corrected chi connectivity index (χ1v) is 7.46. The van der Waals surface area contributed by atoms with Gasteiger partial charge in [-0.25, -0.2) is 0 Å². The van der Waals surface area contributed by atoms with Gasteiger partial charge in [-0.2, -0.15) is 5.26 Å². The van der Waals surface area contributed by atoms with Crippen molar-refractivity contribution in [2.24, 2.45) is 0 Å². The Labute approximate surface area is 114 Å². The summed E-state index contributed by atoms with van der Waals surface area (Å²) in [5, 5.41) is 18.3. The van der Waals surface area contributed by atoms with Gasteiger partial charge in [0.2, 0.25) is 0 Å². The first-order chi connectivity index (χ1) is 8.67. The van der Waals surface area contributed by atoms with Crippen molar-refractivity contribution in [1.29, 1.82) is 5.26 Å². The molecule has 18 heavy (non-hydrogen) atoms. The molecule has 0 bridgehead atoms. The predicted octanol–water partition coefficient (Wildman–Crippen LogP) is 3.96. The molecule has 1 N–H and O–H groups in total. The zero-order chi connectivity index (χ0) is 13.4. The molecule has 0 aliphatic heterocycles. The second kappa shape index (κ2) is 8.18. The molecule has 0 aromatic heterocycles. The van der Waals surface area contributed by atoms with Crippen LogP contribution in [0.15, 0.2) is 29.2 Å². The van der Waals surface area contributed by atoms with E-state index in [-0.39, 0.29) is 12.0 Å². The van der Waals surface area contributed by atoms with Gasteiger partial charge in [-0.1, -0.05) is 19.1 Å². The molecule has 2 nitrogen and oxygen atoms in total. The smallest absolute Gasteiger partial charge is 0.0700 e. The largest absolute Gasteiger partial charge is 0.393 e. The lowest BCUT2D eigenvalue weighted by Crippen LogP contribution is -2.03. The van der Waals surface area contributed by atoms with Gasteiger partial charge in [-0.05, 0) is 49.6 Å². The molecule has 2 atom stereocenters. The summed E-state index contributed by atoms with van der Waals surface area (Å²) >= 11 is 1.81.